The zero-order chi connectivity index (χ0) is 18.2. The van der Waals surface area contributed by atoms with Gasteiger partial charge in [0.1, 0.15) is 10.7 Å². The molecule has 2 aromatic rings. The summed E-state index contributed by atoms with van der Waals surface area (Å²) in [5.41, 5.74) is 1.92. The fourth-order valence-electron chi connectivity index (χ4n) is 4.84. The maximum atomic E-state index is 12.9. The van der Waals surface area contributed by atoms with E-state index in [2.05, 4.69) is 9.88 Å². The molecule has 2 atom stereocenters. The number of hydrogen-bond acceptors (Lipinski definition) is 5. The Balaban J connectivity index is 1.31. The van der Waals surface area contributed by atoms with Crippen LogP contribution in [0, 0.1) is 5.92 Å². The maximum absolute atomic E-state index is 12.9. The Labute approximate surface area is 164 Å². The number of nitrogens with zero attached hydrogens (tertiary/aromatic N) is 4. The molecule has 5 nitrogen and oxygen atoms in total. The number of pyridine rings is 1. The summed E-state index contributed by atoms with van der Waals surface area (Å²) in [6.07, 6.45) is 9.08. The number of carbonyl (C=O) groups excluding carboxylic acids is 1. The van der Waals surface area contributed by atoms with Crippen molar-refractivity contribution in [2.24, 2.45) is 5.92 Å². The molecule has 2 unspecified atom stereocenters. The third kappa shape index (κ3) is 3.52. The van der Waals surface area contributed by atoms with E-state index in [0.29, 0.717) is 17.7 Å². The van der Waals surface area contributed by atoms with Gasteiger partial charge >= 0.3 is 0 Å². The van der Waals surface area contributed by atoms with Crippen LogP contribution in [0.15, 0.2) is 24.4 Å². The molecule has 0 radical (unpaired) electrons. The van der Waals surface area contributed by atoms with E-state index in [0.717, 1.165) is 32.6 Å². The fourth-order valence-corrected chi connectivity index (χ4v) is 6.02. The van der Waals surface area contributed by atoms with Crippen LogP contribution in [0.3, 0.4) is 0 Å². The summed E-state index contributed by atoms with van der Waals surface area (Å²) in [6.45, 7) is 3.71. The SMILES string of the molecule is O=C(c1ccccn1)N1CC2CCC(C1)N(Cc1nc3c(s1)CCCC3)C2. The molecule has 4 aliphatic rings. The molecule has 2 bridgehead atoms. The molecule has 142 valence electrons. The fraction of sp³-hybridized carbons (Fsp3) is 0.571. The number of carbonyl (C=O) groups is 1. The summed E-state index contributed by atoms with van der Waals surface area (Å²) in [6, 6.07) is 6.02. The highest BCUT2D eigenvalue weighted by molar-refractivity contribution is 7.11. The topological polar surface area (TPSA) is 49.3 Å². The van der Waals surface area contributed by atoms with Crippen LogP contribution in [0.5, 0.6) is 0 Å². The van der Waals surface area contributed by atoms with Crippen molar-refractivity contribution in [3.63, 3.8) is 0 Å². The van der Waals surface area contributed by atoms with Crippen molar-refractivity contribution in [2.75, 3.05) is 19.6 Å². The molecule has 1 aliphatic carbocycles. The zero-order valence-corrected chi connectivity index (χ0v) is 16.5. The van der Waals surface area contributed by atoms with Crippen molar-refractivity contribution in [2.45, 2.75) is 51.1 Å². The van der Waals surface area contributed by atoms with Crippen LogP contribution in [-0.4, -0.2) is 51.4 Å². The Bertz CT molecular complexity index is 797. The predicted octanol–water partition coefficient (Wildman–Crippen LogP) is 3.15. The molecule has 0 aromatic carbocycles. The molecular weight excluding hydrogens is 356 g/mol. The Kier molecular flexibility index (Phi) is 4.70. The Morgan fingerprint density at radius 2 is 2.07 bits per heavy atom. The first-order chi connectivity index (χ1) is 13.3. The maximum Gasteiger partial charge on any atom is 0.272 e. The van der Waals surface area contributed by atoms with Gasteiger partial charge in [-0.25, -0.2) is 4.98 Å². The van der Waals surface area contributed by atoms with Crippen molar-refractivity contribution in [1.82, 2.24) is 19.8 Å². The van der Waals surface area contributed by atoms with Gasteiger partial charge in [0.15, 0.2) is 0 Å². The second kappa shape index (κ2) is 7.32. The van der Waals surface area contributed by atoms with Gasteiger partial charge in [0.25, 0.3) is 5.91 Å². The standard InChI is InChI=1S/C21H26N4OS/c26-21(18-6-3-4-10-22-18)25-12-15-8-9-16(13-25)24(11-15)14-20-23-17-5-1-2-7-19(17)27-20/h3-4,6,10,15-16H,1-2,5,7-9,11-14H2. The van der Waals surface area contributed by atoms with Crippen LogP contribution in [0.2, 0.25) is 0 Å². The lowest BCUT2D eigenvalue weighted by Gasteiger charge is -2.35. The van der Waals surface area contributed by atoms with Crippen LogP contribution in [0.4, 0.5) is 0 Å². The average Bonchev–Trinajstić information content (AvgIpc) is 2.89. The Morgan fingerprint density at radius 3 is 2.93 bits per heavy atom. The number of rotatable bonds is 3. The molecule has 2 aromatic heterocycles. The third-order valence-corrected chi connectivity index (χ3v) is 7.37. The smallest absolute Gasteiger partial charge is 0.272 e. The highest BCUT2D eigenvalue weighted by atomic mass is 32.1. The first-order valence-electron chi connectivity index (χ1n) is 10.2. The second-order valence-corrected chi connectivity index (χ2v) is 9.30. The number of thiazole rings is 1. The number of fused-ring (bicyclic) bond motifs is 5. The first kappa shape index (κ1) is 17.3. The van der Waals surface area contributed by atoms with Crippen LogP contribution in [-0.2, 0) is 19.4 Å². The minimum atomic E-state index is 0.0825. The molecule has 27 heavy (non-hydrogen) atoms. The van der Waals surface area contributed by atoms with E-state index in [9.17, 15) is 4.79 Å². The molecule has 5 heterocycles. The van der Waals surface area contributed by atoms with Gasteiger partial charge in [-0.3, -0.25) is 14.7 Å². The molecule has 3 fully saturated rings. The molecule has 0 saturated carbocycles. The molecule has 6 heteroatoms. The van der Waals surface area contributed by atoms with E-state index in [4.69, 9.17) is 4.98 Å². The molecular formula is C21H26N4OS. The molecule has 3 saturated heterocycles. The van der Waals surface area contributed by atoms with Crippen molar-refractivity contribution in [1.29, 1.82) is 0 Å². The summed E-state index contributed by atoms with van der Waals surface area (Å²) in [5, 5.41) is 1.28. The Morgan fingerprint density at radius 1 is 1.15 bits per heavy atom. The van der Waals surface area contributed by atoms with Crippen LogP contribution >= 0.6 is 11.3 Å². The number of aromatic nitrogens is 2. The molecule has 1 amide bonds. The molecule has 6 rings (SSSR count). The van der Waals surface area contributed by atoms with Gasteiger partial charge in [0, 0.05) is 36.8 Å². The quantitative estimate of drug-likeness (QED) is 0.818. The lowest BCUT2D eigenvalue weighted by atomic mass is 9.95. The summed E-state index contributed by atoms with van der Waals surface area (Å²) in [7, 11) is 0. The van der Waals surface area contributed by atoms with Gasteiger partial charge in [0.05, 0.1) is 12.2 Å². The van der Waals surface area contributed by atoms with Crippen LogP contribution in [0.25, 0.3) is 0 Å². The molecule has 0 spiro atoms. The summed E-state index contributed by atoms with van der Waals surface area (Å²) in [5.74, 6) is 0.644. The average molecular weight is 383 g/mol. The zero-order valence-electron chi connectivity index (χ0n) is 15.6. The number of aryl methyl sites for hydroxylation is 2. The third-order valence-electron chi connectivity index (χ3n) is 6.23. The van der Waals surface area contributed by atoms with E-state index >= 15 is 0 Å². The van der Waals surface area contributed by atoms with Gasteiger partial charge in [-0.1, -0.05) is 6.07 Å². The van der Waals surface area contributed by atoms with Crippen molar-refractivity contribution in [3.8, 4) is 0 Å². The van der Waals surface area contributed by atoms with Crippen LogP contribution < -0.4 is 0 Å². The van der Waals surface area contributed by atoms with E-state index in [1.165, 1.54) is 47.7 Å². The highest BCUT2D eigenvalue weighted by Gasteiger charge is 2.37. The van der Waals surface area contributed by atoms with Gasteiger partial charge in [0.2, 0.25) is 0 Å². The van der Waals surface area contributed by atoms with E-state index < -0.39 is 0 Å². The van der Waals surface area contributed by atoms with Crippen molar-refractivity contribution < 1.29 is 4.79 Å². The van der Waals surface area contributed by atoms with Crippen LogP contribution in [0.1, 0.15) is 51.8 Å². The number of hydrogen-bond donors (Lipinski definition) is 0. The van der Waals surface area contributed by atoms with E-state index in [1.807, 2.05) is 34.4 Å². The normalized spacial score (nSPS) is 25.3. The minimum Gasteiger partial charge on any atom is -0.335 e. The molecule has 3 aliphatic heterocycles. The lowest BCUT2D eigenvalue weighted by Crippen LogP contribution is -2.44. The van der Waals surface area contributed by atoms with Gasteiger partial charge < -0.3 is 4.90 Å². The lowest BCUT2D eigenvalue weighted by molar-refractivity contribution is 0.0730. The van der Waals surface area contributed by atoms with Gasteiger partial charge in [-0.05, 0) is 56.6 Å². The van der Waals surface area contributed by atoms with Gasteiger partial charge in [-0.2, -0.15) is 0 Å². The number of piperidine rings is 1. The highest BCUT2D eigenvalue weighted by Crippen LogP contribution is 2.32. The second-order valence-electron chi connectivity index (χ2n) is 8.14. The largest absolute Gasteiger partial charge is 0.335 e. The summed E-state index contributed by atoms with van der Waals surface area (Å²) in [4.78, 5) is 28.3. The van der Waals surface area contributed by atoms with E-state index in [-0.39, 0.29) is 5.91 Å². The van der Waals surface area contributed by atoms with Crippen molar-refractivity contribution in [3.05, 3.63) is 45.7 Å². The summed E-state index contributed by atoms with van der Waals surface area (Å²) < 4.78 is 0. The monoisotopic (exact) mass is 382 g/mol. The summed E-state index contributed by atoms with van der Waals surface area (Å²) >= 11 is 1.92. The van der Waals surface area contributed by atoms with E-state index in [1.54, 1.807) is 6.20 Å². The number of amides is 1. The first-order valence-corrected chi connectivity index (χ1v) is 11.0. The van der Waals surface area contributed by atoms with Crippen molar-refractivity contribution >= 4 is 17.2 Å². The molecule has 0 N–H and O–H groups in total. The predicted molar refractivity (Wildman–Crippen MR) is 106 cm³/mol. The van der Waals surface area contributed by atoms with Gasteiger partial charge in [-0.15, -0.1) is 11.3 Å². The Hall–Kier alpha value is -1.79. The minimum absolute atomic E-state index is 0.0825.